The number of allylic oxidation sites excluding steroid dienone is 4. The lowest BCUT2D eigenvalue weighted by Crippen LogP contribution is -2.14. The second-order valence-electron chi connectivity index (χ2n) is 6.06. The number of amides is 1. The number of hydrogen-bond donors (Lipinski definition) is 5. The van der Waals surface area contributed by atoms with Gasteiger partial charge < -0.3 is 26.9 Å². The molecule has 1 aromatic heterocycles. The zero-order valence-electron chi connectivity index (χ0n) is 15.8. The highest BCUT2D eigenvalue weighted by Crippen LogP contribution is 2.22. The molecule has 1 amide bonds. The molecule has 0 radical (unpaired) electrons. The Morgan fingerprint density at radius 2 is 2.00 bits per heavy atom. The van der Waals surface area contributed by atoms with Crippen molar-refractivity contribution in [2.45, 2.75) is 20.3 Å². The molecule has 0 saturated carbocycles. The molecule has 1 heterocycles. The molecule has 8 heteroatoms. The van der Waals surface area contributed by atoms with E-state index < -0.39 is 5.91 Å². The van der Waals surface area contributed by atoms with Crippen molar-refractivity contribution in [3.63, 3.8) is 0 Å². The maximum absolute atomic E-state index is 11.2. The number of carbonyl (C=O) groups excluding carboxylic acids is 1. The van der Waals surface area contributed by atoms with Crippen molar-refractivity contribution in [2.75, 3.05) is 5.75 Å². The van der Waals surface area contributed by atoms with E-state index in [1.807, 2.05) is 24.7 Å². The molecule has 0 aliphatic carbocycles. The predicted molar refractivity (Wildman–Crippen MR) is 115 cm³/mol. The smallest absolute Gasteiger partial charge is 0.248 e. The fourth-order valence-corrected chi connectivity index (χ4v) is 2.64. The number of imidazole rings is 1. The number of hydrogen-bond acceptors (Lipinski definition) is 6. The molecule has 0 aliphatic rings. The third kappa shape index (κ3) is 5.82. The largest absolute Gasteiger partial charge is 0.398 e. The fourth-order valence-electron chi connectivity index (χ4n) is 2.40. The van der Waals surface area contributed by atoms with Gasteiger partial charge in [-0.2, -0.15) is 12.6 Å². The van der Waals surface area contributed by atoms with E-state index in [2.05, 4.69) is 24.2 Å². The van der Waals surface area contributed by atoms with E-state index >= 15 is 0 Å². The number of nitrogens with zero attached hydrogens (tertiary/aromatic N) is 2. The van der Waals surface area contributed by atoms with Gasteiger partial charge in [-0.1, -0.05) is 6.58 Å². The Balaban J connectivity index is 3.35. The highest BCUT2D eigenvalue weighted by Gasteiger charge is 2.14. The van der Waals surface area contributed by atoms with Gasteiger partial charge >= 0.3 is 0 Å². The summed E-state index contributed by atoms with van der Waals surface area (Å²) in [5.41, 5.74) is 14.6. The molecule has 0 unspecified atom stereocenters. The molecule has 0 fully saturated rings. The molecule has 1 aromatic rings. The monoisotopic (exact) mass is 386 g/mol. The average molecular weight is 387 g/mol. The van der Waals surface area contributed by atoms with E-state index in [1.54, 1.807) is 13.0 Å². The third-order valence-corrected chi connectivity index (χ3v) is 4.12. The Bertz CT molecular complexity index is 873. The number of thiol groups is 1. The van der Waals surface area contributed by atoms with Crippen LogP contribution in [0.2, 0.25) is 0 Å². The number of aromatic nitrogens is 2. The third-order valence-electron chi connectivity index (χ3n) is 3.89. The molecule has 0 atom stereocenters. The van der Waals surface area contributed by atoms with Gasteiger partial charge in [-0.3, -0.25) is 4.79 Å². The molecule has 0 aliphatic heterocycles. The van der Waals surface area contributed by atoms with E-state index in [0.717, 1.165) is 17.5 Å². The van der Waals surface area contributed by atoms with Gasteiger partial charge in [0.15, 0.2) is 0 Å². The fraction of sp³-hybridized carbons (Fsp3) is 0.263. The topological polar surface area (TPSA) is 135 Å². The van der Waals surface area contributed by atoms with Crippen LogP contribution in [0, 0.1) is 10.8 Å². The van der Waals surface area contributed by atoms with Gasteiger partial charge in [0.05, 0.1) is 5.69 Å². The normalized spacial score (nSPS) is 13.2. The zero-order chi connectivity index (χ0) is 20.7. The van der Waals surface area contributed by atoms with Crippen molar-refractivity contribution >= 4 is 41.6 Å². The van der Waals surface area contributed by atoms with Crippen LogP contribution < -0.4 is 11.5 Å². The molecule has 27 heavy (non-hydrogen) atoms. The zero-order valence-corrected chi connectivity index (χ0v) is 16.7. The van der Waals surface area contributed by atoms with Crippen LogP contribution in [0.15, 0.2) is 41.8 Å². The highest BCUT2D eigenvalue weighted by molar-refractivity contribution is 7.80. The van der Waals surface area contributed by atoms with E-state index in [1.165, 1.54) is 6.08 Å². The first kappa shape index (κ1) is 22.2. The maximum atomic E-state index is 11.2. The van der Waals surface area contributed by atoms with E-state index in [4.69, 9.17) is 22.3 Å². The Kier molecular flexibility index (Phi) is 7.99. The minimum absolute atomic E-state index is 0.0571. The summed E-state index contributed by atoms with van der Waals surface area (Å²) in [5, 5.41) is 15.6. The van der Waals surface area contributed by atoms with E-state index in [9.17, 15) is 4.79 Å². The van der Waals surface area contributed by atoms with Crippen molar-refractivity contribution in [1.82, 2.24) is 9.55 Å². The minimum atomic E-state index is -0.677. The van der Waals surface area contributed by atoms with E-state index in [0.29, 0.717) is 34.9 Å². The Morgan fingerprint density at radius 3 is 2.52 bits per heavy atom. The second kappa shape index (κ2) is 9.72. The van der Waals surface area contributed by atoms with Crippen molar-refractivity contribution in [2.24, 2.45) is 18.5 Å². The molecule has 0 bridgehead atoms. The van der Waals surface area contributed by atoms with Crippen LogP contribution >= 0.6 is 12.6 Å². The lowest BCUT2D eigenvalue weighted by Gasteiger charge is -2.09. The molecule has 1 rings (SSSR count). The van der Waals surface area contributed by atoms with Gasteiger partial charge in [0, 0.05) is 47.6 Å². The van der Waals surface area contributed by atoms with Crippen molar-refractivity contribution in [3.8, 4) is 0 Å². The molecule has 7 nitrogen and oxygen atoms in total. The molecular weight excluding hydrogens is 360 g/mol. The first-order chi connectivity index (χ1) is 12.6. The van der Waals surface area contributed by atoms with Crippen LogP contribution in [-0.2, 0) is 11.8 Å². The Hall–Kier alpha value is -2.87. The summed E-state index contributed by atoms with van der Waals surface area (Å²) >= 11 is 4.14. The molecular formula is C19H26N6OS. The summed E-state index contributed by atoms with van der Waals surface area (Å²) in [6.07, 6.45) is 6.66. The Morgan fingerprint density at radius 1 is 1.37 bits per heavy atom. The van der Waals surface area contributed by atoms with Crippen LogP contribution in [0.5, 0.6) is 0 Å². The summed E-state index contributed by atoms with van der Waals surface area (Å²) in [6, 6.07) is 0. The van der Waals surface area contributed by atoms with Crippen molar-refractivity contribution < 1.29 is 4.79 Å². The summed E-state index contributed by atoms with van der Waals surface area (Å²) in [6.45, 7) is 7.23. The van der Waals surface area contributed by atoms with Gasteiger partial charge in [0.1, 0.15) is 5.82 Å². The van der Waals surface area contributed by atoms with Gasteiger partial charge in [0.25, 0.3) is 0 Å². The first-order valence-electron chi connectivity index (χ1n) is 8.20. The summed E-state index contributed by atoms with van der Waals surface area (Å²) < 4.78 is 1.82. The standard InChI is InChI=1S/C19H26N6OS/c1-11(7-14(21)5-6-27)17-10-25(4)19(24-17)13(3)15(9-20)16(22)8-12(2)18(23)26/h7-10,20-21,27H,2,5-6,22H2,1,3-4H3,(H2,23,26)/b11-7+,15-13+,16-8+,20-9?,21-14?. The van der Waals surface area contributed by atoms with Crippen LogP contribution in [0.3, 0.4) is 0 Å². The quantitative estimate of drug-likeness (QED) is 0.193. The molecule has 0 spiro atoms. The van der Waals surface area contributed by atoms with Gasteiger partial charge in [-0.25, -0.2) is 4.98 Å². The predicted octanol–water partition coefficient (Wildman–Crippen LogP) is 2.47. The van der Waals surface area contributed by atoms with Crippen molar-refractivity contribution in [3.05, 3.63) is 53.3 Å². The average Bonchev–Trinajstić information content (AvgIpc) is 2.97. The number of aryl methyl sites for hydroxylation is 1. The van der Waals surface area contributed by atoms with E-state index in [-0.39, 0.29) is 11.3 Å². The molecule has 144 valence electrons. The molecule has 0 aromatic carbocycles. The molecule has 6 N–H and O–H groups in total. The number of nitrogens with one attached hydrogen (secondary N) is 2. The summed E-state index contributed by atoms with van der Waals surface area (Å²) in [7, 11) is 1.84. The Labute approximate surface area is 165 Å². The number of carbonyl (C=O) groups is 1. The first-order valence-corrected chi connectivity index (χ1v) is 8.83. The van der Waals surface area contributed by atoms with Gasteiger partial charge in [-0.05, 0) is 43.7 Å². The van der Waals surface area contributed by atoms with Crippen LogP contribution in [0.1, 0.15) is 31.8 Å². The summed E-state index contributed by atoms with van der Waals surface area (Å²) in [5.74, 6) is 0.560. The SMILES string of the molecule is C=C(/C=C(N)\C(C=N)=C(/C)c1nc(/C(C)=C/C(=N)CCS)cn1C)C(N)=O. The van der Waals surface area contributed by atoms with Crippen LogP contribution in [0.25, 0.3) is 11.1 Å². The highest BCUT2D eigenvalue weighted by atomic mass is 32.1. The second-order valence-corrected chi connectivity index (χ2v) is 6.51. The van der Waals surface area contributed by atoms with Crippen LogP contribution in [-0.4, -0.2) is 33.1 Å². The molecule has 0 saturated heterocycles. The number of nitrogens with two attached hydrogens (primary N) is 2. The lowest BCUT2D eigenvalue weighted by atomic mass is 10.0. The number of rotatable bonds is 9. The minimum Gasteiger partial charge on any atom is -0.398 e. The maximum Gasteiger partial charge on any atom is 0.248 e. The van der Waals surface area contributed by atoms with Gasteiger partial charge in [-0.15, -0.1) is 0 Å². The van der Waals surface area contributed by atoms with Gasteiger partial charge in [0.2, 0.25) is 5.91 Å². The van der Waals surface area contributed by atoms with Crippen molar-refractivity contribution in [1.29, 1.82) is 10.8 Å². The lowest BCUT2D eigenvalue weighted by molar-refractivity contribution is -0.114. The number of primary amides is 1. The van der Waals surface area contributed by atoms with Crippen LogP contribution in [0.4, 0.5) is 0 Å². The summed E-state index contributed by atoms with van der Waals surface area (Å²) in [4.78, 5) is 15.8.